The van der Waals surface area contributed by atoms with Crippen molar-refractivity contribution in [1.29, 1.82) is 5.26 Å². The number of alkyl halides is 3. The molecular weight excluding hydrogens is 225 g/mol. The zero-order valence-corrected chi connectivity index (χ0v) is 8.34. The topological polar surface area (TPSA) is 68.2 Å². The van der Waals surface area contributed by atoms with Gasteiger partial charge in [-0.05, 0) is 0 Å². The van der Waals surface area contributed by atoms with Crippen LogP contribution in [0.2, 0.25) is 0 Å². The van der Waals surface area contributed by atoms with Crippen molar-refractivity contribution in [3.05, 3.63) is 0 Å². The summed E-state index contributed by atoms with van der Waals surface area (Å²) in [6, 6.07) is 0.277. The summed E-state index contributed by atoms with van der Waals surface area (Å²) in [5, 5.41) is 13.3. The van der Waals surface area contributed by atoms with Crippen LogP contribution in [0.1, 0.15) is 0 Å². The van der Waals surface area contributed by atoms with Crippen molar-refractivity contribution in [3.63, 3.8) is 0 Å². The number of hydrogen-bond acceptors (Lipinski definition) is 3. The predicted octanol–water partition coefficient (Wildman–Crippen LogP) is 0.0557. The number of piperazine rings is 1. The molecule has 1 unspecified atom stereocenters. The number of rotatable bonds is 1. The predicted molar refractivity (Wildman–Crippen MR) is 48.4 cm³/mol. The summed E-state index contributed by atoms with van der Waals surface area (Å²) < 4.78 is 35.6. The van der Waals surface area contributed by atoms with Crippen LogP contribution in [-0.2, 0) is 0 Å². The second kappa shape index (κ2) is 5.03. The summed E-state index contributed by atoms with van der Waals surface area (Å²) in [5.74, 6) is 0. The van der Waals surface area contributed by atoms with E-state index in [0.29, 0.717) is 6.54 Å². The van der Waals surface area contributed by atoms with Gasteiger partial charge in [0.25, 0.3) is 0 Å². The van der Waals surface area contributed by atoms with Crippen molar-refractivity contribution >= 4 is 6.03 Å². The van der Waals surface area contributed by atoms with Crippen molar-refractivity contribution in [2.45, 2.75) is 12.2 Å². The number of amides is 2. The molecule has 16 heavy (non-hydrogen) atoms. The highest BCUT2D eigenvalue weighted by Gasteiger charge is 2.31. The number of carbonyl (C=O) groups excluding carboxylic acids is 1. The minimum atomic E-state index is -4.44. The smallest absolute Gasteiger partial charge is 0.329 e. The molecule has 2 N–H and O–H groups in total. The number of urea groups is 1. The lowest BCUT2D eigenvalue weighted by molar-refractivity contribution is -0.123. The van der Waals surface area contributed by atoms with Gasteiger partial charge in [-0.1, -0.05) is 0 Å². The molecular formula is C8H11F3N4O. The van der Waals surface area contributed by atoms with Gasteiger partial charge in [-0.25, -0.2) is 4.79 Å². The van der Waals surface area contributed by atoms with Gasteiger partial charge < -0.3 is 15.5 Å². The van der Waals surface area contributed by atoms with Crippen LogP contribution in [0.25, 0.3) is 0 Å². The Labute approximate surface area is 90.2 Å². The fourth-order valence-corrected chi connectivity index (χ4v) is 1.34. The van der Waals surface area contributed by atoms with E-state index in [1.807, 2.05) is 6.07 Å². The lowest BCUT2D eigenvalue weighted by Gasteiger charge is -2.32. The Morgan fingerprint density at radius 3 is 2.88 bits per heavy atom. The number of hydrogen-bond donors (Lipinski definition) is 2. The van der Waals surface area contributed by atoms with Crippen molar-refractivity contribution in [1.82, 2.24) is 15.5 Å². The highest BCUT2D eigenvalue weighted by molar-refractivity contribution is 5.75. The third-order valence-corrected chi connectivity index (χ3v) is 2.09. The van der Waals surface area contributed by atoms with E-state index in [-0.39, 0.29) is 13.1 Å². The SMILES string of the molecule is N#CC1CNCCN1C(=O)NCC(F)(F)F. The van der Waals surface area contributed by atoms with Crippen LogP contribution in [0.15, 0.2) is 0 Å². The normalized spacial score (nSPS) is 21.4. The zero-order valence-electron chi connectivity index (χ0n) is 8.34. The summed E-state index contributed by atoms with van der Waals surface area (Å²) in [7, 11) is 0. The minimum Gasteiger partial charge on any atom is -0.329 e. The maximum atomic E-state index is 11.9. The summed E-state index contributed by atoms with van der Waals surface area (Å²) in [6.45, 7) is -0.413. The Morgan fingerprint density at radius 2 is 2.31 bits per heavy atom. The van der Waals surface area contributed by atoms with Crippen LogP contribution in [0.4, 0.5) is 18.0 Å². The van der Waals surface area contributed by atoms with Gasteiger partial charge in [-0.2, -0.15) is 18.4 Å². The van der Waals surface area contributed by atoms with Crippen LogP contribution >= 0.6 is 0 Å². The van der Waals surface area contributed by atoms with Crippen molar-refractivity contribution in [3.8, 4) is 6.07 Å². The summed E-state index contributed by atoms with van der Waals surface area (Å²) >= 11 is 0. The summed E-state index contributed by atoms with van der Waals surface area (Å²) in [4.78, 5) is 12.4. The number of carbonyl (C=O) groups is 1. The Morgan fingerprint density at radius 1 is 1.62 bits per heavy atom. The lowest BCUT2D eigenvalue weighted by atomic mass is 10.2. The number of nitrogens with one attached hydrogen (secondary N) is 2. The van der Waals surface area contributed by atoms with Gasteiger partial charge in [0.05, 0.1) is 6.07 Å². The molecule has 1 fully saturated rings. The van der Waals surface area contributed by atoms with E-state index in [1.165, 1.54) is 0 Å². The molecule has 1 rings (SSSR count). The third-order valence-electron chi connectivity index (χ3n) is 2.09. The van der Waals surface area contributed by atoms with Crippen molar-refractivity contribution in [2.75, 3.05) is 26.2 Å². The first kappa shape index (κ1) is 12.6. The van der Waals surface area contributed by atoms with Crippen LogP contribution in [0, 0.1) is 11.3 Å². The van der Waals surface area contributed by atoms with Crippen LogP contribution in [0.5, 0.6) is 0 Å². The lowest BCUT2D eigenvalue weighted by Crippen LogP contribution is -2.56. The fraction of sp³-hybridized carbons (Fsp3) is 0.750. The molecule has 1 heterocycles. The van der Waals surface area contributed by atoms with E-state index in [4.69, 9.17) is 5.26 Å². The largest absolute Gasteiger partial charge is 0.405 e. The van der Waals surface area contributed by atoms with Crippen LogP contribution < -0.4 is 10.6 Å². The molecule has 1 aliphatic heterocycles. The Kier molecular flexibility index (Phi) is 3.95. The van der Waals surface area contributed by atoms with Crippen LogP contribution in [0.3, 0.4) is 0 Å². The van der Waals surface area contributed by atoms with Gasteiger partial charge in [0.2, 0.25) is 0 Å². The second-order valence-electron chi connectivity index (χ2n) is 3.32. The molecule has 0 aromatic carbocycles. The van der Waals surface area contributed by atoms with Crippen molar-refractivity contribution in [2.24, 2.45) is 0 Å². The molecule has 0 radical (unpaired) electrons. The minimum absolute atomic E-state index is 0.224. The highest BCUT2D eigenvalue weighted by Crippen LogP contribution is 2.12. The molecule has 0 saturated carbocycles. The molecule has 8 heteroatoms. The Hall–Kier alpha value is -1.49. The van der Waals surface area contributed by atoms with E-state index in [2.05, 4.69) is 5.32 Å². The standard InChI is InChI=1S/C8H11F3N4O/c9-8(10,11)5-14-7(16)15-2-1-13-4-6(15)3-12/h6,13H,1-2,4-5H2,(H,14,16). The quantitative estimate of drug-likeness (QED) is 0.676. The first-order valence-corrected chi connectivity index (χ1v) is 4.65. The van der Waals surface area contributed by atoms with Crippen molar-refractivity contribution < 1.29 is 18.0 Å². The molecule has 1 aliphatic rings. The van der Waals surface area contributed by atoms with E-state index >= 15 is 0 Å². The second-order valence-corrected chi connectivity index (χ2v) is 3.32. The van der Waals surface area contributed by atoms with E-state index in [9.17, 15) is 18.0 Å². The third kappa shape index (κ3) is 3.58. The highest BCUT2D eigenvalue weighted by atomic mass is 19.4. The molecule has 1 atom stereocenters. The van der Waals surface area contributed by atoms with Crippen LogP contribution in [-0.4, -0.2) is 49.3 Å². The average molecular weight is 236 g/mol. The summed E-state index contributed by atoms with van der Waals surface area (Å²) in [6.07, 6.45) is -4.44. The van der Waals surface area contributed by atoms with Gasteiger partial charge in [-0.3, -0.25) is 0 Å². The zero-order chi connectivity index (χ0) is 12.2. The van der Waals surface area contributed by atoms with Gasteiger partial charge in [0.1, 0.15) is 12.6 Å². The van der Waals surface area contributed by atoms with E-state index < -0.39 is 24.8 Å². The molecule has 0 bridgehead atoms. The Balaban J connectivity index is 2.49. The Bertz CT molecular complexity index is 299. The fourth-order valence-electron chi connectivity index (χ4n) is 1.34. The first-order chi connectivity index (χ1) is 7.44. The molecule has 90 valence electrons. The summed E-state index contributed by atoms with van der Waals surface area (Å²) in [5.41, 5.74) is 0. The van der Waals surface area contributed by atoms with E-state index in [0.717, 1.165) is 4.90 Å². The molecule has 0 spiro atoms. The number of halogens is 3. The molecule has 0 aromatic rings. The first-order valence-electron chi connectivity index (χ1n) is 4.65. The monoisotopic (exact) mass is 236 g/mol. The van der Waals surface area contributed by atoms with Gasteiger partial charge in [0.15, 0.2) is 0 Å². The maximum absolute atomic E-state index is 11.9. The average Bonchev–Trinajstić information content (AvgIpc) is 2.25. The van der Waals surface area contributed by atoms with Gasteiger partial charge >= 0.3 is 12.2 Å². The number of nitriles is 1. The van der Waals surface area contributed by atoms with Gasteiger partial charge in [0, 0.05) is 19.6 Å². The molecule has 0 aromatic heterocycles. The maximum Gasteiger partial charge on any atom is 0.405 e. The van der Waals surface area contributed by atoms with E-state index in [1.54, 1.807) is 5.32 Å². The molecule has 2 amide bonds. The number of nitrogens with zero attached hydrogens (tertiary/aromatic N) is 2. The molecule has 1 saturated heterocycles. The molecule has 0 aliphatic carbocycles. The van der Waals surface area contributed by atoms with Gasteiger partial charge in [-0.15, -0.1) is 0 Å². The molecule has 5 nitrogen and oxygen atoms in total.